The van der Waals surface area contributed by atoms with E-state index in [0.717, 1.165) is 0 Å². The smallest absolute Gasteiger partial charge is 0.243 e. The van der Waals surface area contributed by atoms with Gasteiger partial charge in [-0.2, -0.15) is 0 Å². The molecule has 5 aromatic rings. The van der Waals surface area contributed by atoms with Crippen LogP contribution in [0.2, 0.25) is 0 Å². The van der Waals surface area contributed by atoms with E-state index in [2.05, 4.69) is 78.4 Å². The molecule has 22 N–H and O–H groups in total. The van der Waals surface area contributed by atoms with E-state index in [0.29, 0.717) is 40.9 Å². The van der Waals surface area contributed by atoms with Crippen LogP contribution in [-0.2, 0) is 94.4 Å². The van der Waals surface area contributed by atoms with E-state index in [4.69, 9.17) is 17.2 Å². The summed E-state index contributed by atoms with van der Waals surface area (Å²) in [5, 5.41) is 58.4. The second-order valence-electron chi connectivity index (χ2n) is 27.2. The summed E-state index contributed by atoms with van der Waals surface area (Å²) < 4.78 is 0. The number of aryl methyl sites for hydroxylation is 1. The molecule has 3 aromatic carbocycles. The molecule has 0 aliphatic heterocycles. The molecule has 0 spiro atoms. The molecule has 0 saturated heterocycles. The highest BCUT2D eigenvalue weighted by Crippen LogP contribution is 2.19. The third-order valence-corrected chi connectivity index (χ3v) is 17.7. The fraction of sp³-hybridized carbons (Fsp3) is 0.486. The lowest BCUT2D eigenvalue weighted by Crippen LogP contribution is -2.61. The number of benzene rings is 3. The molecule has 0 aliphatic rings. The van der Waals surface area contributed by atoms with Gasteiger partial charge in [-0.15, -0.1) is 0 Å². The Hall–Kier alpha value is -11.5. The third-order valence-electron chi connectivity index (χ3n) is 17.7. The largest absolute Gasteiger partial charge is 0.508 e. The van der Waals surface area contributed by atoms with Gasteiger partial charge in [0, 0.05) is 49.5 Å². The number of carbonyl (C=O) groups is 13. The maximum absolute atomic E-state index is 14.6. The summed E-state index contributed by atoms with van der Waals surface area (Å²) in [5.74, 6) is -13.7. The summed E-state index contributed by atoms with van der Waals surface area (Å²) in [7, 11) is 0. The van der Waals surface area contributed by atoms with Crippen LogP contribution < -0.4 is 75.7 Å². The number of nitrogens with one attached hydrogen (secondary N) is 13. The number of hydrogen-bond donors (Lipinski definition) is 19. The Morgan fingerprint density at radius 3 is 1.30 bits per heavy atom. The van der Waals surface area contributed by atoms with Crippen LogP contribution in [0.3, 0.4) is 0 Å². The fourth-order valence-corrected chi connectivity index (χ4v) is 11.1. The Bertz CT molecular complexity index is 3760. The first kappa shape index (κ1) is 85.2. The van der Waals surface area contributed by atoms with E-state index < -0.39 is 174 Å². The van der Waals surface area contributed by atoms with Crippen molar-refractivity contribution in [3.63, 3.8) is 0 Å². The van der Waals surface area contributed by atoms with E-state index in [1.807, 2.05) is 0 Å². The second kappa shape index (κ2) is 41.7. The summed E-state index contributed by atoms with van der Waals surface area (Å²) in [6, 6.07) is 2.49. The first-order chi connectivity index (χ1) is 50.1. The van der Waals surface area contributed by atoms with Gasteiger partial charge >= 0.3 is 0 Å². The molecular weight excluding hydrogens is 1370 g/mol. The van der Waals surface area contributed by atoms with Gasteiger partial charge in [0.05, 0.1) is 31.7 Å². The van der Waals surface area contributed by atoms with Crippen molar-refractivity contribution in [2.45, 2.75) is 193 Å². The zero-order valence-corrected chi connectivity index (χ0v) is 61.0. The predicted molar refractivity (Wildman–Crippen MR) is 387 cm³/mol. The van der Waals surface area contributed by atoms with Gasteiger partial charge in [-0.05, 0) is 103 Å². The molecule has 13 amide bonds. The lowest BCUT2D eigenvalue weighted by atomic mass is 9.96. The number of imidazole rings is 2. The molecule has 0 radical (unpaired) electrons. The van der Waals surface area contributed by atoms with Crippen molar-refractivity contribution in [2.75, 3.05) is 6.54 Å². The summed E-state index contributed by atoms with van der Waals surface area (Å²) in [6.07, 6.45) is 5.47. The molecule has 0 unspecified atom stereocenters. The van der Waals surface area contributed by atoms with Gasteiger partial charge in [0.1, 0.15) is 77.7 Å². The summed E-state index contributed by atoms with van der Waals surface area (Å²) >= 11 is 0. The van der Waals surface area contributed by atoms with Crippen molar-refractivity contribution in [1.82, 2.24) is 78.4 Å². The third kappa shape index (κ3) is 28.0. The number of phenols is 3. The average molecular weight is 1480 g/mol. The van der Waals surface area contributed by atoms with Crippen molar-refractivity contribution >= 4 is 76.8 Å². The Kier molecular flexibility index (Phi) is 33.6. The van der Waals surface area contributed by atoms with Crippen LogP contribution in [0.25, 0.3) is 0 Å². The zero-order valence-electron chi connectivity index (χ0n) is 61.0. The van der Waals surface area contributed by atoms with Gasteiger partial charge in [0.2, 0.25) is 76.8 Å². The SMILES string of the molecule is CC[C@H](C)[C@H](NC(=O)[C@H](Cc1ccc(O)cc1)NC(=O)[C@H](CC(N)=O)NC(=O)[C@@H](NC(=O)[C@H](C)NC(=O)CNC(=O)[C@H](CC(C)C)NC(=O)[C@H](CCc1ccc(O)cc1)NC(=O)[C@@H](NC(=O)[C@H](Cc1cnc[nH]1)NC(=O)[C@@H](N)Cc1cnc[nH]1)[C@@H](C)CC)C(C)C)C(=O)N[C@@H](Cc1ccc(O)cc1)C(N)=O. The molecule has 2 heterocycles. The van der Waals surface area contributed by atoms with Crippen LogP contribution >= 0.6 is 0 Å². The average Bonchev–Trinajstić information content (AvgIpc) is 1.12. The van der Waals surface area contributed by atoms with Crippen LogP contribution in [0.5, 0.6) is 17.2 Å². The first-order valence-electron chi connectivity index (χ1n) is 35.1. The molecule has 0 bridgehead atoms. The standard InChI is InChI=1S/C72H102N18O16/c1-10-39(7)60(90-69(103)55(30-46-33-77-36-80-46)84-64(98)50(73)29-45-32-76-35-79-45)71(105)82-51(25-18-42-12-19-47(91)20-13-42)66(100)85-53(26-37(3)4)65(99)78-34-58(95)81-41(9)63(97)88-59(38(5)6)70(104)87-56(31-57(74)94)67(101)86-54(28-44-16-23-49(93)24-17-44)68(102)89-61(40(8)11-2)72(106)83-52(62(75)96)27-43-14-21-48(92)22-15-43/h12-17,19-24,32-33,35-41,50-56,59-61,91-93H,10-11,18,25-31,34,73H2,1-9H3,(H2,74,94)(H2,75,96)(H,76,79)(H,77,80)(H,78,99)(H,81,95)(H,82,105)(H,83,106)(H,84,98)(H,85,100)(H,86,101)(H,87,104)(H,88,97)(H,89,102)(H,90,103)/t39-,40-,41-,50-,51-,52-,53-,54-,55-,56-,59-,60-,61-/m0/s1. The number of carbonyl (C=O) groups excluding carboxylic acids is 13. The highest BCUT2D eigenvalue weighted by molar-refractivity contribution is 6.00. The Morgan fingerprint density at radius 1 is 0.434 bits per heavy atom. The first-order valence-corrected chi connectivity index (χ1v) is 35.1. The molecule has 106 heavy (non-hydrogen) atoms. The van der Waals surface area contributed by atoms with Gasteiger partial charge < -0.3 is 101 Å². The number of rotatable bonds is 43. The maximum atomic E-state index is 14.6. The number of aromatic amines is 2. The van der Waals surface area contributed by atoms with Gasteiger partial charge in [-0.3, -0.25) is 62.3 Å². The van der Waals surface area contributed by atoms with Gasteiger partial charge in [-0.1, -0.05) is 105 Å². The lowest BCUT2D eigenvalue weighted by molar-refractivity contribution is -0.137. The number of H-pyrrole nitrogens is 2. The summed E-state index contributed by atoms with van der Waals surface area (Å²) in [4.78, 5) is 194. The van der Waals surface area contributed by atoms with Crippen LogP contribution in [0.4, 0.5) is 0 Å². The molecular formula is C72H102N18O16. The monoisotopic (exact) mass is 1470 g/mol. The molecule has 34 nitrogen and oxygen atoms in total. The minimum absolute atomic E-state index is 0.0154. The van der Waals surface area contributed by atoms with E-state index in [-0.39, 0.29) is 68.1 Å². The molecule has 0 saturated carbocycles. The van der Waals surface area contributed by atoms with E-state index in [9.17, 15) is 77.6 Å². The second-order valence-corrected chi connectivity index (χ2v) is 27.2. The lowest BCUT2D eigenvalue weighted by Gasteiger charge is -2.29. The zero-order chi connectivity index (χ0) is 78.5. The molecule has 2 aromatic heterocycles. The number of aromatic hydroxyl groups is 3. The van der Waals surface area contributed by atoms with E-state index in [1.54, 1.807) is 67.5 Å². The quantitative estimate of drug-likeness (QED) is 0.0214. The number of nitrogens with two attached hydrogens (primary N) is 3. The highest BCUT2D eigenvalue weighted by Gasteiger charge is 2.38. The molecule has 0 fully saturated rings. The van der Waals surface area contributed by atoms with Crippen molar-refractivity contribution < 1.29 is 77.6 Å². The van der Waals surface area contributed by atoms with E-state index in [1.165, 1.54) is 92.6 Å². The fourth-order valence-electron chi connectivity index (χ4n) is 11.1. The number of phenolic OH excluding ortho intramolecular Hbond substituents is 3. The number of nitrogens with zero attached hydrogens (tertiary/aromatic N) is 2. The number of aromatic nitrogens is 4. The Morgan fingerprint density at radius 2 is 0.840 bits per heavy atom. The molecule has 13 atom stereocenters. The van der Waals surface area contributed by atoms with Crippen molar-refractivity contribution in [1.29, 1.82) is 0 Å². The minimum Gasteiger partial charge on any atom is -0.508 e. The van der Waals surface area contributed by atoms with Gasteiger partial charge in [-0.25, -0.2) is 9.97 Å². The van der Waals surface area contributed by atoms with Crippen molar-refractivity contribution in [3.05, 3.63) is 126 Å². The summed E-state index contributed by atoms with van der Waals surface area (Å²) in [6.45, 7) is 14.1. The number of primary amides is 2. The molecule has 5 rings (SSSR count). The Balaban J connectivity index is 1.26. The Labute approximate surface area is 614 Å². The summed E-state index contributed by atoms with van der Waals surface area (Å²) in [5.41, 5.74) is 20.2. The van der Waals surface area contributed by atoms with Crippen LogP contribution in [0.1, 0.15) is 122 Å². The number of amides is 13. The number of hydrogen-bond acceptors (Lipinski definition) is 19. The molecule has 576 valence electrons. The van der Waals surface area contributed by atoms with Crippen LogP contribution in [-0.4, -0.2) is 185 Å². The van der Waals surface area contributed by atoms with Gasteiger partial charge in [0.15, 0.2) is 0 Å². The minimum atomic E-state index is -1.78. The van der Waals surface area contributed by atoms with Crippen molar-refractivity contribution in [3.8, 4) is 17.2 Å². The van der Waals surface area contributed by atoms with Gasteiger partial charge in [0.25, 0.3) is 0 Å². The molecule has 34 heteroatoms. The molecule has 0 aliphatic carbocycles. The van der Waals surface area contributed by atoms with E-state index >= 15 is 0 Å². The predicted octanol–water partition coefficient (Wildman–Crippen LogP) is -1.38. The van der Waals surface area contributed by atoms with Crippen molar-refractivity contribution in [2.24, 2.45) is 40.9 Å². The normalized spacial score (nSPS) is 14.9. The maximum Gasteiger partial charge on any atom is 0.243 e. The van der Waals surface area contributed by atoms with Crippen LogP contribution in [0.15, 0.2) is 97.8 Å². The van der Waals surface area contributed by atoms with Crippen LogP contribution in [0, 0.1) is 23.7 Å². The highest BCUT2D eigenvalue weighted by atomic mass is 16.3. The topological polar surface area (TPSA) is 550 Å².